The summed E-state index contributed by atoms with van der Waals surface area (Å²) in [6.07, 6.45) is 8.54. The predicted molar refractivity (Wildman–Crippen MR) is 114 cm³/mol. The number of aryl methyl sites for hydroxylation is 1. The maximum Gasteiger partial charge on any atom is 0.315 e. The summed E-state index contributed by atoms with van der Waals surface area (Å²) in [5, 5.41) is 17.9. The predicted octanol–water partition coefficient (Wildman–Crippen LogP) is 4.81. The summed E-state index contributed by atoms with van der Waals surface area (Å²) in [7, 11) is 0. The molecule has 0 aliphatic heterocycles. The second-order valence-electron chi connectivity index (χ2n) is 6.37. The fourth-order valence-corrected chi connectivity index (χ4v) is 2.73. The quantitative estimate of drug-likeness (QED) is 0.544. The lowest BCUT2D eigenvalue weighted by Gasteiger charge is -2.17. The first-order chi connectivity index (χ1) is 13.5. The highest BCUT2D eigenvalue weighted by Crippen LogP contribution is 2.22. The van der Waals surface area contributed by atoms with E-state index in [1.165, 1.54) is 5.56 Å². The van der Waals surface area contributed by atoms with Crippen molar-refractivity contribution in [1.82, 2.24) is 0 Å². The molecular weight excluding hydrogens is 352 g/mol. The first-order valence-corrected chi connectivity index (χ1v) is 10.0. The van der Waals surface area contributed by atoms with Gasteiger partial charge in [0.15, 0.2) is 0 Å². The molecule has 1 aliphatic rings. The van der Waals surface area contributed by atoms with Crippen LogP contribution in [0.4, 0.5) is 0 Å². The second kappa shape index (κ2) is 16.8. The van der Waals surface area contributed by atoms with E-state index in [4.69, 9.17) is 5.11 Å². The fourth-order valence-electron chi connectivity index (χ4n) is 2.73. The van der Waals surface area contributed by atoms with Gasteiger partial charge >= 0.3 is 5.97 Å². The molecule has 0 bridgehead atoms. The molecule has 0 aromatic heterocycles. The van der Waals surface area contributed by atoms with Crippen LogP contribution in [-0.4, -0.2) is 28.1 Å². The van der Waals surface area contributed by atoms with Gasteiger partial charge in [0.2, 0.25) is 0 Å². The molecule has 4 heteroatoms. The highest BCUT2D eigenvalue weighted by Gasteiger charge is 2.17. The van der Waals surface area contributed by atoms with E-state index in [0.717, 1.165) is 32.1 Å². The van der Waals surface area contributed by atoms with Crippen molar-refractivity contribution in [3.63, 3.8) is 0 Å². The summed E-state index contributed by atoms with van der Waals surface area (Å²) in [5.74, 6) is 4.70. The number of hydrogen-bond donors (Lipinski definition) is 2. The van der Waals surface area contributed by atoms with Crippen LogP contribution in [0.2, 0.25) is 0 Å². The molecule has 1 aliphatic carbocycles. The van der Waals surface area contributed by atoms with Gasteiger partial charge < -0.3 is 10.2 Å². The van der Waals surface area contributed by atoms with Crippen LogP contribution in [0.15, 0.2) is 42.5 Å². The molecule has 2 rings (SSSR count). The largest absolute Gasteiger partial charge is 0.481 e. The minimum absolute atomic E-state index is 0.0451. The van der Waals surface area contributed by atoms with Gasteiger partial charge in [-0.3, -0.25) is 9.59 Å². The van der Waals surface area contributed by atoms with Gasteiger partial charge in [0.25, 0.3) is 0 Å². The molecule has 2 unspecified atom stereocenters. The molecule has 1 fully saturated rings. The van der Waals surface area contributed by atoms with Gasteiger partial charge in [-0.05, 0) is 44.1 Å². The number of benzene rings is 1. The number of Topliss-reactive ketones (excluding diaryl/α,β-unsaturated/α-hetero) is 1. The number of hydrogen-bond acceptors (Lipinski definition) is 3. The van der Waals surface area contributed by atoms with Crippen molar-refractivity contribution < 1.29 is 19.8 Å². The standard InChI is InChI=1S/C17H22O2.C5H6O2.C2H6/c18-16(11-9-14-5-2-1-3-6-14)12-10-15-7-4-8-17(19)13-15;1-2-3-4-5(6)7;1-2/h1-3,5-6,10,12,15-16,18H,4,7-9,11,13H2;4H2,1H3,(H,6,7);1-2H3/b12-10+;;. The molecule has 0 spiro atoms. The average Bonchev–Trinajstić information content (AvgIpc) is 2.72. The number of carbonyl (C=O) groups excluding carboxylic acids is 1. The van der Waals surface area contributed by atoms with Gasteiger partial charge in [0, 0.05) is 12.8 Å². The van der Waals surface area contributed by atoms with Crippen molar-refractivity contribution in [1.29, 1.82) is 0 Å². The number of aliphatic hydroxyl groups excluding tert-OH is 1. The second-order valence-corrected chi connectivity index (χ2v) is 6.37. The van der Waals surface area contributed by atoms with Crippen molar-refractivity contribution in [2.75, 3.05) is 0 Å². The van der Waals surface area contributed by atoms with E-state index in [1.807, 2.05) is 44.2 Å². The van der Waals surface area contributed by atoms with E-state index in [0.29, 0.717) is 18.1 Å². The molecule has 4 nitrogen and oxygen atoms in total. The number of carboxylic acid groups (broad SMARTS) is 1. The van der Waals surface area contributed by atoms with E-state index in [2.05, 4.69) is 24.0 Å². The summed E-state index contributed by atoms with van der Waals surface area (Å²) in [6.45, 7) is 5.61. The van der Waals surface area contributed by atoms with Crippen LogP contribution >= 0.6 is 0 Å². The lowest BCUT2D eigenvalue weighted by atomic mass is 9.88. The van der Waals surface area contributed by atoms with Gasteiger partial charge in [-0.1, -0.05) is 62.3 Å². The van der Waals surface area contributed by atoms with Crippen molar-refractivity contribution >= 4 is 11.8 Å². The summed E-state index contributed by atoms with van der Waals surface area (Å²) in [4.78, 5) is 21.0. The van der Waals surface area contributed by atoms with E-state index < -0.39 is 12.1 Å². The highest BCUT2D eigenvalue weighted by molar-refractivity contribution is 5.79. The Morgan fingerprint density at radius 1 is 1.29 bits per heavy atom. The molecule has 1 aromatic rings. The van der Waals surface area contributed by atoms with Gasteiger partial charge in [0.05, 0.1) is 6.10 Å². The van der Waals surface area contributed by atoms with Crippen LogP contribution in [0.3, 0.4) is 0 Å². The maximum atomic E-state index is 11.3. The van der Waals surface area contributed by atoms with Crippen LogP contribution in [-0.2, 0) is 16.0 Å². The zero-order valence-electron chi connectivity index (χ0n) is 17.4. The summed E-state index contributed by atoms with van der Waals surface area (Å²) in [5.41, 5.74) is 1.25. The number of rotatable bonds is 6. The molecule has 28 heavy (non-hydrogen) atoms. The van der Waals surface area contributed by atoms with Crippen LogP contribution in [0.25, 0.3) is 0 Å². The zero-order valence-corrected chi connectivity index (χ0v) is 17.4. The third kappa shape index (κ3) is 13.8. The Balaban J connectivity index is 0.000000688. The lowest BCUT2D eigenvalue weighted by Crippen LogP contribution is -2.13. The normalized spacial score (nSPS) is 16.6. The van der Waals surface area contributed by atoms with Crippen molar-refractivity contribution in [2.24, 2.45) is 5.92 Å². The monoisotopic (exact) mass is 386 g/mol. The number of ketones is 1. The van der Waals surface area contributed by atoms with Gasteiger partial charge in [0.1, 0.15) is 12.2 Å². The Morgan fingerprint density at radius 3 is 2.50 bits per heavy atom. The molecule has 0 heterocycles. The number of carbonyl (C=O) groups is 2. The fraction of sp³-hybridized carbons (Fsp3) is 0.500. The highest BCUT2D eigenvalue weighted by atomic mass is 16.4. The molecule has 1 aromatic carbocycles. The smallest absolute Gasteiger partial charge is 0.315 e. The number of allylic oxidation sites excluding steroid dienone is 1. The minimum atomic E-state index is -0.866. The van der Waals surface area contributed by atoms with Gasteiger partial charge in [-0.15, -0.1) is 5.92 Å². The Labute approximate surface area is 169 Å². The number of carboxylic acids is 1. The first kappa shape index (κ1) is 25.6. The lowest BCUT2D eigenvalue weighted by molar-refractivity contribution is -0.135. The van der Waals surface area contributed by atoms with E-state index in [-0.39, 0.29) is 6.42 Å². The molecule has 154 valence electrons. The summed E-state index contributed by atoms with van der Waals surface area (Å²) >= 11 is 0. The first-order valence-electron chi connectivity index (χ1n) is 10.0. The molecule has 1 saturated carbocycles. The van der Waals surface area contributed by atoms with E-state index in [9.17, 15) is 14.7 Å². The summed E-state index contributed by atoms with van der Waals surface area (Å²) in [6, 6.07) is 10.2. The molecule has 2 N–H and O–H groups in total. The Kier molecular flexibility index (Phi) is 15.3. The Bertz CT molecular complexity index is 638. The molecule has 0 saturated heterocycles. The Morgan fingerprint density at radius 2 is 1.96 bits per heavy atom. The van der Waals surface area contributed by atoms with E-state index in [1.54, 1.807) is 6.92 Å². The van der Waals surface area contributed by atoms with Crippen LogP contribution in [0, 0.1) is 17.8 Å². The van der Waals surface area contributed by atoms with Gasteiger partial charge in [-0.2, -0.15) is 0 Å². The van der Waals surface area contributed by atoms with Crippen molar-refractivity contribution in [3.8, 4) is 11.8 Å². The molecule has 2 atom stereocenters. The Hall–Kier alpha value is -2.38. The topological polar surface area (TPSA) is 74.6 Å². The minimum Gasteiger partial charge on any atom is -0.481 e. The van der Waals surface area contributed by atoms with Crippen LogP contribution in [0.5, 0.6) is 0 Å². The number of aliphatic carboxylic acids is 1. The number of aliphatic hydroxyl groups is 1. The molecule has 0 radical (unpaired) electrons. The van der Waals surface area contributed by atoms with E-state index >= 15 is 0 Å². The molecule has 0 amide bonds. The van der Waals surface area contributed by atoms with Crippen LogP contribution in [0.1, 0.15) is 64.9 Å². The van der Waals surface area contributed by atoms with Crippen molar-refractivity contribution in [2.45, 2.75) is 71.8 Å². The SMILES string of the molecule is CC.CC#CCC(=O)O.O=C1CCCC(/C=C/C(O)CCc2ccccc2)C1. The molecular formula is C24H34O4. The summed E-state index contributed by atoms with van der Waals surface area (Å²) < 4.78 is 0. The van der Waals surface area contributed by atoms with Gasteiger partial charge in [-0.25, -0.2) is 0 Å². The van der Waals surface area contributed by atoms with Crippen LogP contribution < -0.4 is 0 Å². The van der Waals surface area contributed by atoms with Crippen molar-refractivity contribution in [3.05, 3.63) is 48.0 Å². The third-order valence-electron chi connectivity index (χ3n) is 4.11. The third-order valence-corrected chi connectivity index (χ3v) is 4.11. The average molecular weight is 387 g/mol. The maximum absolute atomic E-state index is 11.3. The zero-order chi connectivity index (χ0) is 21.2.